The van der Waals surface area contributed by atoms with Crippen molar-refractivity contribution in [1.29, 1.82) is 0 Å². The van der Waals surface area contributed by atoms with E-state index in [9.17, 15) is 5.11 Å². The number of aliphatic hydroxyl groups excluding tert-OH is 1. The van der Waals surface area contributed by atoms with Gasteiger partial charge in [-0.05, 0) is 42.7 Å². The molecule has 0 aromatic heterocycles. The lowest BCUT2D eigenvalue weighted by molar-refractivity contribution is 0.00914. The number of aliphatic hydroxyl groups is 1. The highest BCUT2D eigenvalue weighted by Gasteiger charge is 2.19. The van der Waals surface area contributed by atoms with E-state index in [1.807, 2.05) is 30.3 Å². The molecule has 1 N–H and O–H groups in total. The van der Waals surface area contributed by atoms with Crippen molar-refractivity contribution < 1.29 is 9.84 Å². The number of nitrogens with zero attached hydrogens (tertiary/aromatic N) is 2. The minimum absolute atomic E-state index is 0.381. The minimum Gasteiger partial charge on any atom is -0.389 e. The molecule has 140 valence electrons. The van der Waals surface area contributed by atoms with Gasteiger partial charge in [-0.15, -0.1) is 0 Å². The van der Waals surface area contributed by atoms with Gasteiger partial charge in [0.1, 0.15) is 0 Å². The average molecular weight is 354 g/mol. The van der Waals surface area contributed by atoms with Gasteiger partial charge in [0.25, 0.3) is 0 Å². The zero-order valence-electron chi connectivity index (χ0n) is 15.9. The number of hydrogen-bond donors (Lipinski definition) is 1. The van der Waals surface area contributed by atoms with Gasteiger partial charge in [-0.3, -0.25) is 4.90 Å². The Morgan fingerprint density at radius 1 is 0.962 bits per heavy atom. The summed E-state index contributed by atoms with van der Waals surface area (Å²) in [6.07, 6.45) is -0.438. The number of piperazine rings is 1. The Kier molecular flexibility index (Phi) is 6.67. The predicted octanol–water partition coefficient (Wildman–Crippen LogP) is 3.00. The lowest BCUT2D eigenvalue weighted by Gasteiger charge is -2.37. The summed E-state index contributed by atoms with van der Waals surface area (Å²) in [6, 6.07) is 16.8. The van der Waals surface area contributed by atoms with Crippen LogP contribution in [-0.2, 0) is 11.3 Å². The van der Waals surface area contributed by atoms with E-state index in [4.69, 9.17) is 4.74 Å². The summed E-state index contributed by atoms with van der Waals surface area (Å²) < 4.78 is 5.65. The van der Waals surface area contributed by atoms with E-state index in [1.165, 1.54) is 16.8 Å². The number of ether oxygens (including phenoxy) is 1. The van der Waals surface area contributed by atoms with Crippen LogP contribution in [0, 0.1) is 13.8 Å². The molecule has 4 nitrogen and oxygen atoms in total. The molecule has 1 aliphatic rings. The molecule has 3 rings (SSSR count). The fraction of sp³-hybridized carbons (Fsp3) is 0.455. The Bertz CT molecular complexity index is 682. The molecule has 1 aliphatic heterocycles. The van der Waals surface area contributed by atoms with Crippen LogP contribution in [0.4, 0.5) is 5.69 Å². The predicted molar refractivity (Wildman–Crippen MR) is 107 cm³/mol. The topological polar surface area (TPSA) is 35.9 Å². The van der Waals surface area contributed by atoms with Crippen LogP contribution in [0.15, 0.2) is 48.5 Å². The van der Waals surface area contributed by atoms with E-state index < -0.39 is 6.10 Å². The Balaban J connectivity index is 1.38. The molecule has 0 spiro atoms. The van der Waals surface area contributed by atoms with Crippen LogP contribution in [-0.4, -0.2) is 55.4 Å². The average Bonchev–Trinajstić information content (AvgIpc) is 2.65. The van der Waals surface area contributed by atoms with Gasteiger partial charge in [0.15, 0.2) is 0 Å². The third-order valence-corrected chi connectivity index (χ3v) is 5.12. The number of aryl methyl sites for hydroxylation is 2. The summed E-state index contributed by atoms with van der Waals surface area (Å²) >= 11 is 0. The van der Waals surface area contributed by atoms with Gasteiger partial charge < -0.3 is 14.7 Å². The SMILES string of the molecule is Cc1ccc(N2CCN(CC(O)COCc3ccccc3)CC2)cc1C. The standard InChI is InChI=1S/C22H30N2O2/c1-18-8-9-21(14-19(18)2)24-12-10-23(11-13-24)15-22(25)17-26-16-20-6-4-3-5-7-20/h3-9,14,22,25H,10-13,15-17H2,1-2H3. The first-order valence-corrected chi connectivity index (χ1v) is 9.46. The van der Waals surface area contributed by atoms with Gasteiger partial charge in [-0.2, -0.15) is 0 Å². The van der Waals surface area contributed by atoms with E-state index in [-0.39, 0.29) is 0 Å². The summed E-state index contributed by atoms with van der Waals surface area (Å²) in [7, 11) is 0. The zero-order valence-corrected chi connectivity index (χ0v) is 15.9. The summed E-state index contributed by atoms with van der Waals surface area (Å²) in [5, 5.41) is 10.2. The number of benzene rings is 2. The van der Waals surface area contributed by atoms with Crippen molar-refractivity contribution in [3.05, 3.63) is 65.2 Å². The normalized spacial score (nSPS) is 16.7. The number of anilines is 1. The van der Waals surface area contributed by atoms with Gasteiger partial charge in [0.05, 0.1) is 19.3 Å². The molecule has 2 aromatic rings. The molecule has 0 aliphatic carbocycles. The maximum absolute atomic E-state index is 10.2. The first-order chi connectivity index (χ1) is 12.6. The van der Waals surface area contributed by atoms with Crippen LogP contribution in [0.25, 0.3) is 0 Å². The molecule has 26 heavy (non-hydrogen) atoms. The van der Waals surface area contributed by atoms with Crippen molar-refractivity contribution in [3.8, 4) is 0 Å². The van der Waals surface area contributed by atoms with Crippen LogP contribution in [0.5, 0.6) is 0 Å². The largest absolute Gasteiger partial charge is 0.389 e. The quantitative estimate of drug-likeness (QED) is 0.829. The summed E-state index contributed by atoms with van der Waals surface area (Å²) in [4.78, 5) is 4.76. The molecule has 0 radical (unpaired) electrons. The van der Waals surface area contributed by atoms with Crippen LogP contribution in [0.3, 0.4) is 0 Å². The number of rotatable bonds is 7. The first-order valence-electron chi connectivity index (χ1n) is 9.46. The molecule has 0 saturated carbocycles. The molecular weight excluding hydrogens is 324 g/mol. The summed E-state index contributed by atoms with van der Waals surface area (Å²) in [5.74, 6) is 0. The lowest BCUT2D eigenvalue weighted by Crippen LogP contribution is -2.49. The second-order valence-corrected chi connectivity index (χ2v) is 7.21. The number of β-amino-alcohol motifs (C(OH)–C–C–N with tert-alkyl or cyclic N) is 1. The number of hydrogen-bond acceptors (Lipinski definition) is 4. The van der Waals surface area contributed by atoms with Gasteiger partial charge in [-0.1, -0.05) is 36.4 Å². The van der Waals surface area contributed by atoms with E-state index in [0.717, 1.165) is 31.7 Å². The molecule has 1 unspecified atom stereocenters. The Labute approximate surface area is 157 Å². The summed E-state index contributed by atoms with van der Waals surface area (Å²) in [6.45, 7) is 9.88. The first kappa shape index (κ1) is 18.9. The molecule has 4 heteroatoms. The molecule has 1 heterocycles. The highest BCUT2D eigenvalue weighted by Crippen LogP contribution is 2.20. The van der Waals surface area contributed by atoms with Gasteiger partial charge in [-0.25, -0.2) is 0 Å². The smallest absolute Gasteiger partial charge is 0.0900 e. The Morgan fingerprint density at radius 3 is 2.38 bits per heavy atom. The van der Waals surface area contributed by atoms with Crippen LogP contribution < -0.4 is 4.90 Å². The highest BCUT2D eigenvalue weighted by molar-refractivity contribution is 5.51. The van der Waals surface area contributed by atoms with Crippen molar-refractivity contribution >= 4 is 5.69 Å². The van der Waals surface area contributed by atoms with Gasteiger partial charge >= 0.3 is 0 Å². The van der Waals surface area contributed by atoms with Crippen molar-refractivity contribution in [2.45, 2.75) is 26.6 Å². The molecule has 1 fully saturated rings. The van der Waals surface area contributed by atoms with E-state index in [1.54, 1.807) is 0 Å². The molecule has 1 saturated heterocycles. The summed E-state index contributed by atoms with van der Waals surface area (Å²) in [5.41, 5.74) is 5.13. The molecule has 1 atom stereocenters. The monoisotopic (exact) mass is 354 g/mol. The molecular formula is C22H30N2O2. The van der Waals surface area contributed by atoms with Crippen molar-refractivity contribution in [2.75, 3.05) is 44.2 Å². The van der Waals surface area contributed by atoms with E-state index >= 15 is 0 Å². The maximum atomic E-state index is 10.2. The van der Waals surface area contributed by atoms with E-state index in [0.29, 0.717) is 19.8 Å². The molecule has 0 bridgehead atoms. The fourth-order valence-corrected chi connectivity index (χ4v) is 3.35. The fourth-order valence-electron chi connectivity index (χ4n) is 3.35. The minimum atomic E-state index is -0.438. The van der Waals surface area contributed by atoms with Gasteiger partial charge in [0.2, 0.25) is 0 Å². The molecule has 0 amide bonds. The van der Waals surface area contributed by atoms with E-state index in [2.05, 4.69) is 41.8 Å². The molecule has 2 aromatic carbocycles. The second kappa shape index (κ2) is 9.17. The van der Waals surface area contributed by atoms with Gasteiger partial charge in [0, 0.05) is 38.4 Å². The van der Waals surface area contributed by atoms with Crippen LogP contribution in [0.1, 0.15) is 16.7 Å². The lowest BCUT2D eigenvalue weighted by atomic mass is 10.1. The third-order valence-electron chi connectivity index (χ3n) is 5.12. The maximum Gasteiger partial charge on any atom is 0.0900 e. The Hall–Kier alpha value is -1.88. The third kappa shape index (κ3) is 5.31. The van der Waals surface area contributed by atoms with Crippen molar-refractivity contribution in [2.24, 2.45) is 0 Å². The van der Waals surface area contributed by atoms with Crippen molar-refractivity contribution in [3.63, 3.8) is 0 Å². The Morgan fingerprint density at radius 2 is 1.69 bits per heavy atom. The van der Waals surface area contributed by atoms with Crippen LogP contribution in [0.2, 0.25) is 0 Å². The van der Waals surface area contributed by atoms with Crippen molar-refractivity contribution in [1.82, 2.24) is 4.90 Å². The van der Waals surface area contributed by atoms with Crippen LogP contribution >= 0.6 is 0 Å². The second-order valence-electron chi connectivity index (χ2n) is 7.21. The highest BCUT2D eigenvalue weighted by atomic mass is 16.5. The zero-order chi connectivity index (χ0) is 18.4.